The summed E-state index contributed by atoms with van der Waals surface area (Å²) in [4.78, 5) is 13.2. The third-order valence-corrected chi connectivity index (χ3v) is 2.88. The summed E-state index contributed by atoms with van der Waals surface area (Å²) in [6.07, 6.45) is 0. The van der Waals surface area contributed by atoms with E-state index in [9.17, 15) is 9.90 Å². The highest BCUT2D eigenvalue weighted by Crippen LogP contribution is 2.24. The van der Waals surface area contributed by atoms with Crippen molar-refractivity contribution in [2.24, 2.45) is 0 Å². The number of carboxylic acids is 1. The Labute approximate surface area is 113 Å². The maximum absolute atomic E-state index is 11.5. The van der Waals surface area contributed by atoms with Crippen LogP contribution in [-0.2, 0) is 4.79 Å². The number of rotatable bonds is 8. The van der Waals surface area contributed by atoms with E-state index in [4.69, 9.17) is 9.84 Å². The summed E-state index contributed by atoms with van der Waals surface area (Å²) in [5.41, 5.74) is 0.661. The molecule has 1 aromatic rings. The molecule has 0 spiro atoms. The number of carbonyl (C=O) groups is 1. The monoisotopic (exact) mass is 267 g/mol. The molecular formula is C14H21NO4. The minimum absolute atomic E-state index is 0.0667. The Bertz CT molecular complexity index is 408. The Kier molecular flexibility index (Phi) is 6.32. The van der Waals surface area contributed by atoms with Gasteiger partial charge in [0.25, 0.3) is 0 Å². The first-order chi connectivity index (χ1) is 9.13. The maximum Gasteiger partial charge on any atom is 0.325 e. The molecule has 0 heterocycles. The molecule has 0 aliphatic rings. The van der Waals surface area contributed by atoms with Gasteiger partial charge in [-0.25, -0.2) is 0 Å². The first kappa shape index (κ1) is 15.5. The molecule has 0 bridgehead atoms. The van der Waals surface area contributed by atoms with E-state index in [1.54, 1.807) is 29.2 Å². The van der Waals surface area contributed by atoms with Gasteiger partial charge in [-0.2, -0.15) is 0 Å². The van der Waals surface area contributed by atoms with Crippen molar-refractivity contribution in [1.29, 1.82) is 0 Å². The molecule has 2 N–H and O–H groups in total. The van der Waals surface area contributed by atoms with Crippen LogP contribution in [0.25, 0.3) is 0 Å². The van der Waals surface area contributed by atoms with Crippen LogP contribution >= 0.6 is 0 Å². The summed E-state index contributed by atoms with van der Waals surface area (Å²) in [6.45, 7) is 5.10. The third-order valence-electron chi connectivity index (χ3n) is 2.88. The van der Waals surface area contributed by atoms with Crippen LogP contribution in [0.15, 0.2) is 24.3 Å². The van der Waals surface area contributed by atoms with Crippen LogP contribution in [0.1, 0.15) is 25.5 Å². The van der Waals surface area contributed by atoms with Crippen molar-refractivity contribution >= 4 is 5.97 Å². The molecule has 0 radical (unpaired) electrons. The standard InChI is InChI=1S/C14H21NO4/c1-3-15(8-9-16)13(14(17)18)11-6-5-7-12(10-11)19-4-2/h5-7,10,13,16H,3-4,8-9H2,1-2H3,(H,17,18). The fourth-order valence-electron chi connectivity index (χ4n) is 2.05. The lowest BCUT2D eigenvalue weighted by Gasteiger charge is -2.27. The van der Waals surface area contributed by atoms with Gasteiger partial charge in [0.15, 0.2) is 0 Å². The number of hydrogen-bond acceptors (Lipinski definition) is 4. The molecule has 0 aliphatic carbocycles. The molecule has 5 heteroatoms. The topological polar surface area (TPSA) is 70.0 Å². The predicted octanol–water partition coefficient (Wildman–Crippen LogP) is 1.53. The van der Waals surface area contributed by atoms with Crippen LogP contribution in [0.3, 0.4) is 0 Å². The van der Waals surface area contributed by atoms with Gasteiger partial charge in [0, 0.05) is 6.54 Å². The van der Waals surface area contributed by atoms with Gasteiger partial charge in [-0.3, -0.25) is 9.69 Å². The van der Waals surface area contributed by atoms with E-state index in [0.717, 1.165) is 0 Å². The lowest BCUT2D eigenvalue weighted by molar-refractivity contribution is -0.143. The van der Waals surface area contributed by atoms with Gasteiger partial charge >= 0.3 is 5.97 Å². The Morgan fingerprint density at radius 3 is 2.68 bits per heavy atom. The molecule has 0 saturated carbocycles. The summed E-state index contributed by atoms with van der Waals surface area (Å²) in [5.74, 6) is -0.268. The zero-order valence-electron chi connectivity index (χ0n) is 11.4. The predicted molar refractivity (Wildman–Crippen MR) is 72.3 cm³/mol. The van der Waals surface area contributed by atoms with Gasteiger partial charge in [-0.1, -0.05) is 19.1 Å². The Morgan fingerprint density at radius 1 is 1.42 bits per heavy atom. The highest BCUT2D eigenvalue weighted by molar-refractivity contribution is 5.75. The van der Waals surface area contributed by atoms with E-state index in [-0.39, 0.29) is 6.61 Å². The Morgan fingerprint density at radius 2 is 2.16 bits per heavy atom. The van der Waals surface area contributed by atoms with E-state index in [0.29, 0.717) is 31.0 Å². The molecule has 0 amide bonds. The van der Waals surface area contributed by atoms with Crippen molar-refractivity contribution in [2.45, 2.75) is 19.9 Å². The molecular weight excluding hydrogens is 246 g/mol. The molecule has 106 valence electrons. The fourth-order valence-corrected chi connectivity index (χ4v) is 2.05. The second kappa shape index (κ2) is 7.76. The first-order valence-electron chi connectivity index (χ1n) is 6.44. The van der Waals surface area contributed by atoms with E-state index in [2.05, 4.69) is 0 Å². The quantitative estimate of drug-likeness (QED) is 0.747. The molecule has 0 fully saturated rings. The van der Waals surface area contributed by atoms with Crippen LogP contribution in [-0.4, -0.2) is 47.4 Å². The summed E-state index contributed by atoms with van der Waals surface area (Å²) in [7, 11) is 0. The number of nitrogens with zero attached hydrogens (tertiary/aromatic N) is 1. The zero-order chi connectivity index (χ0) is 14.3. The number of carboxylic acid groups (broad SMARTS) is 1. The van der Waals surface area contributed by atoms with E-state index < -0.39 is 12.0 Å². The van der Waals surface area contributed by atoms with Crippen molar-refractivity contribution in [1.82, 2.24) is 4.90 Å². The van der Waals surface area contributed by atoms with Crippen molar-refractivity contribution in [2.75, 3.05) is 26.3 Å². The molecule has 1 unspecified atom stereocenters. The van der Waals surface area contributed by atoms with Gasteiger partial charge < -0.3 is 14.9 Å². The van der Waals surface area contributed by atoms with Crippen LogP contribution in [0.5, 0.6) is 5.75 Å². The lowest BCUT2D eigenvalue weighted by atomic mass is 10.0. The van der Waals surface area contributed by atoms with Gasteiger partial charge in [-0.15, -0.1) is 0 Å². The van der Waals surface area contributed by atoms with Crippen molar-refractivity contribution in [3.63, 3.8) is 0 Å². The van der Waals surface area contributed by atoms with E-state index in [1.807, 2.05) is 13.8 Å². The molecule has 1 atom stereocenters. The highest BCUT2D eigenvalue weighted by Gasteiger charge is 2.26. The van der Waals surface area contributed by atoms with Gasteiger partial charge in [0.05, 0.1) is 13.2 Å². The number of likely N-dealkylation sites (N-methyl/N-ethyl adjacent to an activating group) is 1. The number of aliphatic hydroxyl groups excluding tert-OH is 1. The second-order valence-electron chi connectivity index (χ2n) is 4.10. The SMILES string of the molecule is CCOc1cccc(C(C(=O)O)N(CC)CCO)c1. The number of ether oxygens (including phenoxy) is 1. The van der Waals surface area contributed by atoms with E-state index >= 15 is 0 Å². The van der Waals surface area contributed by atoms with Crippen LogP contribution < -0.4 is 4.74 Å². The van der Waals surface area contributed by atoms with Crippen LogP contribution in [0, 0.1) is 0 Å². The average molecular weight is 267 g/mol. The van der Waals surface area contributed by atoms with E-state index in [1.165, 1.54) is 0 Å². The van der Waals surface area contributed by atoms with Crippen LogP contribution in [0.2, 0.25) is 0 Å². The molecule has 0 aromatic heterocycles. The molecule has 1 aromatic carbocycles. The van der Waals surface area contributed by atoms with Crippen LogP contribution in [0.4, 0.5) is 0 Å². The zero-order valence-corrected chi connectivity index (χ0v) is 11.4. The van der Waals surface area contributed by atoms with Crippen molar-refractivity contribution in [3.05, 3.63) is 29.8 Å². The summed E-state index contributed by atoms with van der Waals surface area (Å²) in [5, 5.41) is 18.4. The lowest BCUT2D eigenvalue weighted by Crippen LogP contribution is -2.36. The number of hydrogen-bond donors (Lipinski definition) is 2. The third kappa shape index (κ3) is 4.22. The fraction of sp³-hybridized carbons (Fsp3) is 0.500. The second-order valence-corrected chi connectivity index (χ2v) is 4.10. The molecule has 1 rings (SSSR count). The summed E-state index contributed by atoms with van der Waals surface area (Å²) >= 11 is 0. The van der Waals surface area contributed by atoms with Crippen molar-refractivity contribution in [3.8, 4) is 5.75 Å². The summed E-state index contributed by atoms with van der Waals surface area (Å²) in [6, 6.07) is 6.32. The normalized spacial score (nSPS) is 12.4. The number of aliphatic carboxylic acids is 1. The van der Waals surface area contributed by atoms with Crippen molar-refractivity contribution < 1.29 is 19.7 Å². The molecule has 0 saturated heterocycles. The summed E-state index contributed by atoms with van der Waals surface area (Å²) < 4.78 is 5.39. The van der Waals surface area contributed by atoms with Gasteiger partial charge in [0.2, 0.25) is 0 Å². The Hall–Kier alpha value is -1.59. The number of aliphatic hydroxyl groups is 1. The number of benzene rings is 1. The average Bonchev–Trinajstić information content (AvgIpc) is 2.38. The first-order valence-corrected chi connectivity index (χ1v) is 6.44. The molecule has 5 nitrogen and oxygen atoms in total. The largest absolute Gasteiger partial charge is 0.494 e. The van der Waals surface area contributed by atoms with Gasteiger partial charge in [0.1, 0.15) is 11.8 Å². The smallest absolute Gasteiger partial charge is 0.325 e. The highest BCUT2D eigenvalue weighted by atomic mass is 16.5. The Balaban J connectivity index is 3.04. The molecule has 19 heavy (non-hydrogen) atoms. The minimum Gasteiger partial charge on any atom is -0.494 e. The van der Waals surface area contributed by atoms with Gasteiger partial charge in [-0.05, 0) is 31.2 Å². The molecule has 0 aliphatic heterocycles. The minimum atomic E-state index is -0.927. The maximum atomic E-state index is 11.5.